The van der Waals surface area contributed by atoms with Crippen molar-refractivity contribution in [3.8, 4) is 0 Å². The molecule has 2 aromatic rings. The summed E-state index contributed by atoms with van der Waals surface area (Å²) >= 11 is 0. The largest absolute Gasteiger partial charge is 0.464 e. The Kier molecular flexibility index (Phi) is 3.77. The summed E-state index contributed by atoms with van der Waals surface area (Å²) < 4.78 is 8.30. The average molecular weight is 288 g/mol. The van der Waals surface area contributed by atoms with Gasteiger partial charge in [-0.1, -0.05) is 12.8 Å². The molecule has 0 N–H and O–H groups in total. The van der Waals surface area contributed by atoms with Gasteiger partial charge in [-0.25, -0.2) is 4.79 Å². The third-order valence-corrected chi connectivity index (χ3v) is 4.13. The van der Waals surface area contributed by atoms with Gasteiger partial charge in [0.05, 0.1) is 25.0 Å². The third kappa shape index (κ3) is 2.84. The molecule has 0 aliphatic heterocycles. The highest BCUT2D eigenvalue weighted by Gasteiger charge is 2.19. The Labute approximate surface area is 123 Å². The van der Waals surface area contributed by atoms with Crippen molar-refractivity contribution in [3.05, 3.63) is 35.4 Å². The number of methoxy groups -OCH3 is 1. The van der Waals surface area contributed by atoms with Crippen LogP contribution in [0.4, 0.5) is 0 Å². The minimum Gasteiger partial charge on any atom is -0.464 e. The molecule has 3 rings (SSSR count). The van der Waals surface area contributed by atoms with E-state index in [0.717, 1.165) is 5.69 Å². The molecule has 0 aromatic carbocycles. The Balaban J connectivity index is 1.74. The molecule has 1 aliphatic carbocycles. The first-order valence-electron chi connectivity index (χ1n) is 7.32. The highest BCUT2D eigenvalue weighted by atomic mass is 16.5. The van der Waals surface area contributed by atoms with Gasteiger partial charge in [-0.15, -0.1) is 0 Å². The molecule has 0 saturated heterocycles. The number of rotatable bonds is 4. The fraction of sp³-hybridized carbons (Fsp3) is 0.533. The highest BCUT2D eigenvalue weighted by molar-refractivity contribution is 5.87. The third-order valence-electron chi connectivity index (χ3n) is 4.13. The zero-order valence-corrected chi connectivity index (χ0v) is 12.5. The minimum atomic E-state index is -0.413. The smallest absolute Gasteiger partial charge is 0.358 e. The monoisotopic (exact) mass is 288 g/mol. The molecule has 112 valence electrons. The van der Waals surface area contributed by atoms with Gasteiger partial charge in [0.15, 0.2) is 5.69 Å². The molecule has 0 spiro atoms. The number of hydrogen-bond donors (Lipinski definition) is 0. The number of nitrogens with zero attached hydrogens (tertiary/aromatic N) is 4. The molecule has 6 nitrogen and oxygen atoms in total. The summed E-state index contributed by atoms with van der Waals surface area (Å²) in [7, 11) is 3.18. The van der Waals surface area contributed by atoms with Crippen LogP contribution < -0.4 is 0 Å². The number of carbonyl (C=O) groups excluding carboxylic acids is 1. The second-order valence-electron chi connectivity index (χ2n) is 5.56. The van der Waals surface area contributed by atoms with Crippen LogP contribution in [-0.4, -0.2) is 32.6 Å². The van der Waals surface area contributed by atoms with E-state index in [-0.39, 0.29) is 0 Å². The highest BCUT2D eigenvalue weighted by Crippen LogP contribution is 2.32. The van der Waals surface area contributed by atoms with Gasteiger partial charge >= 0.3 is 5.97 Å². The van der Waals surface area contributed by atoms with Crippen LogP contribution in [-0.2, 0) is 18.3 Å². The van der Waals surface area contributed by atoms with E-state index in [1.165, 1.54) is 38.5 Å². The molecule has 2 heterocycles. The van der Waals surface area contributed by atoms with Crippen LogP contribution in [0.25, 0.3) is 0 Å². The van der Waals surface area contributed by atoms with Crippen molar-refractivity contribution in [3.63, 3.8) is 0 Å². The van der Waals surface area contributed by atoms with Crippen molar-refractivity contribution >= 4 is 5.97 Å². The average Bonchev–Trinajstić information content (AvgIpc) is 3.19. The van der Waals surface area contributed by atoms with E-state index in [9.17, 15) is 4.79 Å². The normalized spacial score (nSPS) is 15.5. The predicted octanol–water partition coefficient (Wildman–Crippen LogP) is 2.11. The molecule has 0 radical (unpaired) electrons. The molecular weight excluding hydrogens is 268 g/mol. The molecule has 0 amide bonds. The summed E-state index contributed by atoms with van der Waals surface area (Å²) in [6.07, 6.45) is 7.10. The van der Waals surface area contributed by atoms with E-state index in [1.807, 2.05) is 17.9 Å². The zero-order chi connectivity index (χ0) is 14.8. The van der Waals surface area contributed by atoms with Gasteiger partial charge in [0.2, 0.25) is 0 Å². The lowest BCUT2D eigenvalue weighted by atomic mass is 10.1. The van der Waals surface area contributed by atoms with Crippen LogP contribution in [0, 0.1) is 0 Å². The minimum absolute atomic E-state index is 0.332. The predicted molar refractivity (Wildman–Crippen MR) is 77.1 cm³/mol. The topological polar surface area (TPSA) is 61.9 Å². The Morgan fingerprint density at radius 1 is 1.38 bits per heavy atom. The second kappa shape index (κ2) is 5.71. The summed E-state index contributed by atoms with van der Waals surface area (Å²) in [5, 5.41) is 8.83. The molecule has 2 aromatic heterocycles. The number of esters is 1. The van der Waals surface area contributed by atoms with Gasteiger partial charge in [-0.3, -0.25) is 9.36 Å². The van der Waals surface area contributed by atoms with Gasteiger partial charge in [-0.2, -0.15) is 10.2 Å². The molecule has 0 atom stereocenters. The molecule has 1 fully saturated rings. The molecule has 1 aliphatic rings. The van der Waals surface area contributed by atoms with E-state index < -0.39 is 5.97 Å². The zero-order valence-electron chi connectivity index (χ0n) is 12.5. The van der Waals surface area contributed by atoms with Crippen molar-refractivity contribution in [1.29, 1.82) is 0 Å². The summed E-state index contributed by atoms with van der Waals surface area (Å²) in [6.45, 7) is 0.604. The van der Waals surface area contributed by atoms with Crippen LogP contribution in [0.3, 0.4) is 0 Å². The van der Waals surface area contributed by atoms with Crippen LogP contribution in [0.2, 0.25) is 0 Å². The number of aromatic nitrogens is 4. The van der Waals surface area contributed by atoms with Crippen LogP contribution in [0.1, 0.15) is 53.5 Å². The summed E-state index contributed by atoms with van der Waals surface area (Å²) in [4.78, 5) is 11.5. The molecular formula is C15H20N4O2. The fourth-order valence-electron chi connectivity index (χ4n) is 2.93. The Bertz CT molecular complexity index is 638. The van der Waals surface area contributed by atoms with E-state index >= 15 is 0 Å². The van der Waals surface area contributed by atoms with Crippen molar-refractivity contribution in [2.75, 3.05) is 7.11 Å². The molecule has 21 heavy (non-hydrogen) atoms. The number of aryl methyl sites for hydroxylation is 1. The SMILES string of the molecule is COC(=O)c1cc(Cn2ccc(C3CCCC3)n2)n(C)n1. The molecule has 0 unspecified atom stereocenters. The standard InChI is InChI=1S/C15H20N4O2/c1-18-12(9-14(16-18)15(20)21-2)10-19-8-7-13(17-19)11-5-3-4-6-11/h7-9,11H,3-6,10H2,1-2H3. The first-order valence-corrected chi connectivity index (χ1v) is 7.32. The Hall–Kier alpha value is -2.11. The Morgan fingerprint density at radius 3 is 2.86 bits per heavy atom. The van der Waals surface area contributed by atoms with Gasteiger partial charge in [0.25, 0.3) is 0 Å². The van der Waals surface area contributed by atoms with E-state index in [2.05, 4.69) is 21.0 Å². The maximum atomic E-state index is 11.5. The first-order chi connectivity index (χ1) is 10.2. The van der Waals surface area contributed by atoms with Crippen LogP contribution >= 0.6 is 0 Å². The van der Waals surface area contributed by atoms with Crippen molar-refractivity contribution < 1.29 is 9.53 Å². The Morgan fingerprint density at radius 2 is 2.14 bits per heavy atom. The van der Waals surface area contributed by atoms with Crippen molar-refractivity contribution in [2.45, 2.75) is 38.1 Å². The van der Waals surface area contributed by atoms with E-state index in [1.54, 1.807) is 10.7 Å². The lowest BCUT2D eigenvalue weighted by Gasteiger charge is -2.05. The molecule has 6 heteroatoms. The summed E-state index contributed by atoms with van der Waals surface area (Å²) in [6, 6.07) is 3.86. The fourth-order valence-corrected chi connectivity index (χ4v) is 2.93. The first kappa shape index (κ1) is 13.9. The summed E-state index contributed by atoms with van der Waals surface area (Å²) in [5.74, 6) is 0.201. The van der Waals surface area contributed by atoms with E-state index in [4.69, 9.17) is 0 Å². The number of ether oxygens (including phenoxy) is 1. The second-order valence-corrected chi connectivity index (χ2v) is 5.56. The van der Waals surface area contributed by atoms with Crippen LogP contribution in [0.5, 0.6) is 0 Å². The van der Waals surface area contributed by atoms with Gasteiger partial charge < -0.3 is 4.74 Å². The van der Waals surface area contributed by atoms with Gasteiger partial charge in [-0.05, 0) is 25.0 Å². The lowest BCUT2D eigenvalue weighted by Crippen LogP contribution is -2.07. The van der Waals surface area contributed by atoms with Crippen LogP contribution in [0.15, 0.2) is 18.3 Å². The molecule has 0 bridgehead atoms. The van der Waals surface area contributed by atoms with Gasteiger partial charge in [0.1, 0.15) is 0 Å². The van der Waals surface area contributed by atoms with Crippen molar-refractivity contribution in [2.24, 2.45) is 7.05 Å². The number of carbonyl (C=O) groups is 1. The summed E-state index contributed by atoms with van der Waals surface area (Å²) in [5.41, 5.74) is 2.44. The lowest BCUT2D eigenvalue weighted by molar-refractivity contribution is 0.0593. The van der Waals surface area contributed by atoms with E-state index in [0.29, 0.717) is 18.2 Å². The maximum absolute atomic E-state index is 11.5. The van der Waals surface area contributed by atoms with Gasteiger partial charge in [0, 0.05) is 19.2 Å². The number of hydrogen-bond acceptors (Lipinski definition) is 4. The quantitative estimate of drug-likeness (QED) is 0.808. The molecule has 1 saturated carbocycles. The maximum Gasteiger partial charge on any atom is 0.358 e. The van der Waals surface area contributed by atoms with Crippen molar-refractivity contribution in [1.82, 2.24) is 19.6 Å².